The molecule has 0 saturated heterocycles. The maximum atomic E-state index is 13.1. The second-order valence-electron chi connectivity index (χ2n) is 6.54. The van der Waals surface area contributed by atoms with Crippen molar-refractivity contribution in [3.63, 3.8) is 0 Å². The van der Waals surface area contributed by atoms with Crippen molar-refractivity contribution in [2.45, 2.75) is 38.1 Å². The van der Waals surface area contributed by atoms with Crippen LogP contribution in [0, 0.1) is 0 Å². The first-order chi connectivity index (χ1) is 13.0. The highest BCUT2D eigenvalue weighted by Gasteiger charge is 2.27. The Morgan fingerprint density at radius 2 is 1.81 bits per heavy atom. The molecule has 0 atom stereocenters. The highest BCUT2D eigenvalue weighted by Crippen LogP contribution is 2.31. The molecular weight excluding hydrogens is 350 g/mol. The first-order valence-corrected chi connectivity index (χ1v) is 8.90. The standard InChI is InChI=1S/C19H21N3O5/c23-14(24)11-20-17(25)15-18(26)21-16(12-7-3-1-4-8-12)22(19(15)27)13-9-5-2-6-10-13/h1,3-4,7-8,13,26H,2,5-6,9-11H2,(H,20,25)(H,23,24). The quantitative estimate of drug-likeness (QED) is 0.738. The lowest BCUT2D eigenvalue weighted by atomic mass is 9.94. The summed E-state index contributed by atoms with van der Waals surface area (Å²) in [5.41, 5.74) is -0.523. The summed E-state index contributed by atoms with van der Waals surface area (Å²) in [6.45, 7) is -0.651. The van der Waals surface area contributed by atoms with Crippen molar-refractivity contribution in [3.8, 4) is 17.3 Å². The Labute approximate surface area is 155 Å². The smallest absolute Gasteiger partial charge is 0.322 e. The van der Waals surface area contributed by atoms with Gasteiger partial charge in [-0.1, -0.05) is 49.6 Å². The van der Waals surface area contributed by atoms with Gasteiger partial charge in [-0.05, 0) is 12.8 Å². The third-order valence-corrected chi connectivity index (χ3v) is 4.70. The zero-order valence-corrected chi connectivity index (χ0v) is 14.7. The normalized spacial score (nSPS) is 14.7. The van der Waals surface area contributed by atoms with Crippen LogP contribution in [0.5, 0.6) is 5.88 Å². The molecule has 0 bridgehead atoms. The van der Waals surface area contributed by atoms with Gasteiger partial charge < -0.3 is 15.5 Å². The van der Waals surface area contributed by atoms with Crippen LogP contribution in [0.3, 0.4) is 0 Å². The predicted molar refractivity (Wildman–Crippen MR) is 97.7 cm³/mol. The SMILES string of the molecule is O=C(O)CNC(=O)c1c(O)nc(-c2ccccc2)n(C2CCCCC2)c1=O. The molecule has 1 fully saturated rings. The first kappa shape index (κ1) is 18.6. The van der Waals surface area contributed by atoms with Gasteiger partial charge in [0.05, 0.1) is 0 Å². The number of carbonyl (C=O) groups is 2. The van der Waals surface area contributed by atoms with Crippen LogP contribution < -0.4 is 10.9 Å². The average molecular weight is 371 g/mol. The van der Waals surface area contributed by atoms with E-state index >= 15 is 0 Å². The van der Waals surface area contributed by atoms with Gasteiger partial charge >= 0.3 is 5.97 Å². The van der Waals surface area contributed by atoms with Gasteiger partial charge in [-0.3, -0.25) is 19.0 Å². The molecule has 1 amide bonds. The lowest BCUT2D eigenvalue weighted by Crippen LogP contribution is -2.38. The fourth-order valence-electron chi connectivity index (χ4n) is 3.43. The van der Waals surface area contributed by atoms with Crippen LogP contribution in [0.25, 0.3) is 11.4 Å². The van der Waals surface area contributed by atoms with Crippen LogP contribution in [0.15, 0.2) is 35.1 Å². The van der Waals surface area contributed by atoms with Crippen molar-refractivity contribution in [1.82, 2.24) is 14.9 Å². The molecule has 8 nitrogen and oxygen atoms in total. The number of rotatable bonds is 5. The Morgan fingerprint density at radius 3 is 2.44 bits per heavy atom. The van der Waals surface area contributed by atoms with Crippen molar-refractivity contribution in [2.75, 3.05) is 6.54 Å². The van der Waals surface area contributed by atoms with Gasteiger partial charge in [0, 0.05) is 11.6 Å². The van der Waals surface area contributed by atoms with E-state index < -0.39 is 35.4 Å². The van der Waals surface area contributed by atoms with Crippen LogP contribution in [-0.4, -0.2) is 38.2 Å². The molecule has 27 heavy (non-hydrogen) atoms. The second-order valence-corrected chi connectivity index (χ2v) is 6.54. The zero-order chi connectivity index (χ0) is 19.4. The Morgan fingerprint density at radius 1 is 1.15 bits per heavy atom. The maximum Gasteiger partial charge on any atom is 0.322 e. The summed E-state index contributed by atoms with van der Waals surface area (Å²) in [7, 11) is 0. The van der Waals surface area contributed by atoms with Gasteiger partial charge in [-0.2, -0.15) is 4.98 Å². The van der Waals surface area contributed by atoms with Crippen molar-refractivity contribution < 1.29 is 19.8 Å². The molecule has 1 saturated carbocycles. The lowest BCUT2D eigenvalue weighted by Gasteiger charge is -2.26. The van der Waals surface area contributed by atoms with Gasteiger partial charge in [0.1, 0.15) is 12.4 Å². The number of nitrogens with zero attached hydrogens (tertiary/aromatic N) is 2. The van der Waals surface area contributed by atoms with E-state index in [-0.39, 0.29) is 6.04 Å². The van der Waals surface area contributed by atoms with Gasteiger partial charge in [0.25, 0.3) is 11.5 Å². The van der Waals surface area contributed by atoms with E-state index in [1.807, 2.05) is 6.07 Å². The van der Waals surface area contributed by atoms with E-state index in [2.05, 4.69) is 10.3 Å². The molecule has 1 aliphatic carbocycles. The minimum absolute atomic E-state index is 0.124. The fraction of sp³-hybridized carbons (Fsp3) is 0.368. The summed E-state index contributed by atoms with van der Waals surface area (Å²) in [5, 5.41) is 21.1. The van der Waals surface area contributed by atoms with Gasteiger partial charge in [0.15, 0.2) is 5.56 Å². The van der Waals surface area contributed by atoms with Crippen LogP contribution in [-0.2, 0) is 4.79 Å². The number of nitrogens with one attached hydrogen (secondary N) is 1. The molecule has 0 unspecified atom stereocenters. The number of benzene rings is 1. The summed E-state index contributed by atoms with van der Waals surface area (Å²) in [6, 6.07) is 8.88. The molecule has 0 radical (unpaired) electrons. The third-order valence-electron chi connectivity index (χ3n) is 4.70. The molecule has 3 rings (SSSR count). The summed E-state index contributed by atoms with van der Waals surface area (Å²) in [4.78, 5) is 40.2. The predicted octanol–water partition coefficient (Wildman–Crippen LogP) is 1.94. The Kier molecular flexibility index (Phi) is 5.54. The summed E-state index contributed by atoms with van der Waals surface area (Å²) in [6.07, 6.45) is 4.58. The largest absolute Gasteiger partial charge is 0.493 e. The lowest BCUT2D eigenvalue weighted by molar-refractivity contribution is -0.135. The van der Waals surface area contributed by atoms with Crippen molar-refractivity contribution >= 4 is 11.9 Å². The number of aliphatic carboxylic acids is 1. The van der Waals surface area contributed by atoms with Gasteiger partial charge in [-0.25, -0.2) is 0 Å². The highest BCUT2D eigenvalue weighted by atomic mass is 16.4. The fourth-order valence-corrected chi connectivity index (χ4v) is 3.43. The van der Waals surface area contributed by atoms with Crippen molar-refractivity contribution in [3.05, 3.63) is 46.2 Å². The Balaban J connectivity index is 2.13. The number of carbonyl (C=O) groups excluding carboxylic acids is 1. The van der Waals surface area contributed by atoms with Crippen molar-refractivity contribution in [2.24, 2.45) is 0 Å². The van der Waals surface area contributed by atoms with Gasteiger partial charge in [-0.15, -0.1) is 0 Å². The topological polar surface area (TPSA) is 122 Å². The van der Waals surface area contributed by atoms with E-state index in [4.69, 9.17) is 5.11 Å². The van der Waals surface area contributed by atoms with Crippen LogP contribution in [0.1, 0.15) is 48.5 Å². The molecule has 3 N–H and O–H groups in total. The molecule has 0 aliphatic heterocycles. The molecule has 8 heteroatoms. The third kappa shape index (κ3) is 3.99. The van der Waals surface area contributed by atoms with Crippen LogP contribution in [0.4, 0.5) is 0 Å². The molecular formula is C19H21N3O5. The molecule has 0 spiro atoms. The van der Waals surface area contributed by atoms with Crippen LogP contribution >= 0.6 is 0 Å². The molecule has 1 aliphatic rings. The first-order valence-electron chi connectivity index (χ1n) is 8.90. The molecule has 2 aromatic rings. The van der Waals surface area contributed by atoms with E-state index in [0.29, 0.717) is 11.4 Å². The minimum Gasteiger partial charge on any atom is -0.493 e. The summed E-state index contributed by atoms with van der Waals surface area (Å²) >= 11 is 0. The van der Waals surface area contributed by atoms with Crippen molar-refractivity contribution in [1.29, 1.82) is 0 Å². The Bertz CT molecular complexity index is 902. The second kappa shape index (κ2) is 8.03. The molecule has 1 heterocycles. The number of carboxylic acids is 1. The number of hydrogen-bond acceptors (Lipinski definition) is 5. The van der Waals surface area contributed by atoms with E-state index in [1.54, 1.807) is 24.3 Å². The van der Waals surface area contributed by atoms with E-state index in [9.17, 15) is 19.5 Å². The molecule has 142 valence electrons. The summed E-state index contributed by atoms with van der Waals surface area (Å²) in [5.74, 6) is -2.59. The number of aromatic nitrogens is 2. The summed E-state index contributed by atoms with van der Waals surface area (Å²) < 4.78 is 1.48. The molecule has 1 aromatic carbocycles. The number of hydrogen-bond donors (Lipinski definition) is 3. The monoisotopic (exact) mass is 371 g/mol. The zero-order valence-electron chi connectivity index (χ0n) is 14.7. The highest BCUT2D eigenvalue weighted by molar-refractivity contribution is 5.97. The maximum absolute atomic E-state index is 13.1. The van der Waals surface area contributed by atoms with E-state index in [1.165, 1.54) is 4.57 Å². The number of carboxylic acid groups (broad SMARTS) is 1. The van der Waals surface area contributed by atoms with Crippen LogP contribution in [0.2, 0.25) is 0 Å². The minimum atomic E-state index is -1.25. The van der Waals surface area contributed by atoms with E-state index in [0.717, 1.165) is 32.1 Å². The molecule has 1 aromatic heterocycles. The average Bonchev–Trinajstić information content (AvgIpc) is 2.67. The van der Waals surface area contributed by atoms with Gasteiger partial charge in [0.2, 0.25) is 5.88 Å². The Hall–Kier alpha value is -3.16. The number of amides is 1. The number of aromatic hydroxyl groups is 1.